The summed E-state index contributed by atoms with van der Waals surface area (Å²) in [6.45, 7) is 2.23. The number of hydrogen-bond donors (Lipinski definition) is 1. The number of nitrogen functional groups attached to an aromatic ring is 1. The molecule has 0 bridgehead atoms. The van der Waals surface area contributed by atoms with Gasteiger partial charge in [0.15, 0.2) is 11.5 Å². The molecule has 0 amide bonds. The number of methoxy groups -OCH3 is 2. The zero-order chi connectivity index (χ0) is 14.7. The third-order valence-electron chi connectivity index (χ3n) is 4.06. The van der Waals surface area contributed by atoms with Gasteiger partial charge in [-0.1, -0.05) is 0 Å². The maximum Gasteiger partial charge on any atom is 0.162 e. The minimum absolute atomic E-state index is 0.481. The first-order valence-corrected chi connectivity index (χ1v) is 6.99. The van der Waals surface area contributed by atoms with Crippen LogP contribution >= 0.6 is 0 Å². The quantitative estimate of drug-likeness (QED) is 0.852. The SMILES string of the molecule is COc1cc(N)c(N(C)C2CCCN(C)C2)cc1OC. The van der Waals surface area contributed by atoms with Crippen LogP contribution in [0.4, 0.5) is 11.4 Å². The molecule has 1 unspecified atom stereocenters. The smallest absolute Gasteiger partial charge is 0.162 e. The Kier molecular flexibility index (Phi) is 4.60. The van der Waals surface area contributed by atoms with Gasteiger partial charge in [0.05, 0.1) is 25.6 Å². The van der Waals surface area contributed by atoms with Gasteiger partial charge in [0.25, 0.3) is 0 Å². The van der Waals surface area contributed by atoms with E-state index in [2.05, 4.69) is 23.9 Å². The highest BCUT2D eigenvalue weighted by atomic mass is 16.5. The van der Waals surface area contributed by atoms with Crippen LogP contribution in [0, 0.1) is 0 Å². The van der Waals surface area contributed by atoms with E-state index in [-0.39, 0.29) is 0 Å². The van der Waals surface area contributed by atoms with E-state index in [0.29, 0.717) is 17.5 Å². The van der Waals surface area contributed by atoms with Crippen molar-refractivity contribution in [3.8, 4) is 11.5 Å². The Labute approximate surface area is 121 Å². The molecule has 0 radical (unpaired) electrons. The van der Waals surface area contributed by atoms with Crippen molar-refractivity contribution in [2.24, 2.45) is 0 Å². The van der Waals surface area contributed by atoms with Crippen molar-refractivity contribution in [3.63, 3.8) is 0 Å². The van der Waals surface area contributed by atoms with Gasteiger partial charge in [-0.05, 0) is 26.4 Å². The number of likely N-dealkylation sites (tertiary alicyclic amines) is 1. The van der Waals surface area contributed by atoms with E-state index in [9.17, 15) is 0 Å². The molecule has 5 heteroatoms. The maximum absolute atomic E-state index is 6.17. The second-order valence-electron chi connectivity index (χ2n) is 5.44. The van der Waals surface area contributed by atoms with Gasteiger partial charge in [0, 0.05) is 31.8 Å². The molecule has 1 aromatic rings. The summed E-state index contributed by atoms with van der Waals surface area (Å²) in [4.78, 5) is 4.62. The average molecular weight is 279 g/mol. The first kappa shape index (κ1) is 14.8. The van der Waals surface area contributed by atoms with E-state index >= 15 is 0 Å². The standard InChI is InChI=1S/C15H25N3O2/c1-17-7-5-6-11(10-17)18(2)13-9-15(20-4)14(19-3)8-12(13)16/h8-9,11H,5-7,10,16H2,1-4H3. The van der Waals surface area contributed by atoms with Crippen LogP contribution in [-0.4, -0.2) is 52.3 Å². The zero-order valence-electron chi connectivity index (χ0n) is 12.8. The average Bonchev–Trinajstić information content (AvgIpc) is 2.46. The summed E-state index contributed by atoms with van der Waals surface area (Å²) in [5.41, 5.74) is 7.90. The lowest BCUT2D eigenvalue weighted by Gasteiger charge is -2.37. The maximum atomic E-state index is 6.17. The molecule has 1 fully saturated rings. The fourth-order valence-corrected chi connectivity index (χ4v) is 2.84. The molecular weight excluding hydrogens is 254 g/mol. The molecule has 1 atom stereocenters. The summed E-state index contributed by atoms with van der Waals surface area (Å²) in [5.74, 6) is 1.38. The third kappa shape index (κ3) is 2.93. The number of nitrogens with two attached hydrogens (primary N) is 1. The molecule has 112 valence electrons. The van der Waals surface area contributed by atoms with Gasteiger partial charge in [0.2, 0.25) is 0 Å². The lowest BCUT2D eigenvalue weighted by molar-refractivity contribution is 0.248. The van der Waals surface area contributed by atoms with Gasteiger partial charge >= 0.3 is 0 Å². The highest BCUT2D eigenvalue weighted by molar-refractivity contribution is 5.73. The van der Waals surface area contributed by atoms with E-state index in [1.165, 1.54) is 19.4 Å². The van der Waals surface area contributed by atoms with Crippen LogP contribution in [0.3, 0.4) is 0 Å². The summed E-state index contributed by atoms with van der Waals surface area (Å²) >= 11 is 0. The topological polar surface area (TPSA) is 51.0 Å². The molecule has 0 aliphatic carbocycles. The molecule has 1 aromatic carbocycles. The molecule has 1 aliphatic heterocycles. The summed E-state index contributed by atoms with van der Waals surface area (Å²) < 4.78 is 10.7. The summed E-state index contributed by atoms with van der Waals surface area (Å²) in [6, 6.07) is 4.27. The Bertz CT molecular complexity index is 465. The molecule has 5 nitrogen and oxygen atoms in total. The Morgan fingerprint density at radius 1 is 1.25 bits per heavy atom. The molecule has 2 rings (SSSR count). The summed E-state index contributed by atoms with van der Waals surface area (Å²) in [7, 11) is 7.53. The van der Waals surface area contributed by atoms with Crippen molar-refractivity contribution >= 4 is 11.4 Å². The number of nitrogens with zero attached hydrogens (tertiary/aromatic N) is 2. The van der Waals surface area contributed by atoms with Crippen molar-refractivity contribution in [2.45, 2.75) is 18.9 Å². The van der Waals surface area contributed by atoms with Crippen LogP contribution < -0.4 is 20.1 Å². The predicted molar refractivity (Wildman–Crippen MR) is 82.9 cm³/mol. The Morgan fingerprint density at radius 2 is 1.90 bits per heavy atom. The first-order valence-electron chi connectivity index (χ1n) is 6.99. The monoisotopic (exact) mass is 279 g/mol. The van der Waals surface area contributed by atoms with Gasteiger partial charge < -0.3 is 25.0 Å². The van der Waals surface area contributed by atoms with E-state index in [4.69, 9.17) is 15.2 Å². The third-order valence-corrected chi connectivity index (χ3v) is 4.06. The Balaban J connectivity index is 2.26. The number of rotatable bonds is 4. The molecule has 0 aromatic heterocycles. The number of hydrogen-bond acceptors (Lipinski definition) is 5. The minimum Gasteiger partial charge on any atom is -0.493 e. The molecular formula is C15H25N3O2. The molecule has 20 heavy (non-hydrogen) atoms. The molecule has 0 spiro atoms. The van der Waals surface area contributed by atoms with Gasteiger partial charge in [-0.2, -0.15) is 0 Å². The fourth-order valence-electron chi connectivity index (χ4n) is 2.84. The van der Waals surface area contributed by atoms with Gasteiger partial charge in [-0.15, -0.1) is 0 Å². The van der Waals surface area contributed by atoms with E-state index in [0.717, 1.165) is 17.9 Å². The van der Waals surface area contributed by atoms with Crippen molar-refractivity contribution in [3.05, 3.63) is 12.1 Å². The lowest BCUT2D eigenvalue weighted by atomic mass is 10.0. The first-order chi connectivity index (χ1) is 9.56. The minimum atomic E-state index is 0.481. The van der Waals surface area contributed by atoms with Crippen molar-refractivity contribution in [1.29, 1.82) is 0 Å². The zero-order valence-corrected chi connectivity index (χ0v) is 12.8. The van der Waals surface area contributed by atoms with Gasteiger partial charge in [0.1, 0.15) is 0 Å². The van der Waals surface area contributed by atoms with Crippen molar-refractivity contribution in [1.82, 2.24) is 4.90 Å². The van der Waals surface area contributed by atoms with Crippen LogP contribution in [0.5, 0.6) is 11.5 Å². The van der Waals surface area contributed by atoms with E-state index < -0.39 is 0 Å². The number of ether oxygens (including phenoxy) is 2. The summed E-state index contributed by atoms with van der Waals surface area (Å²) in [5, 5.41) is 0. The van der Waals surface area contributed by atoms with Crippen LogP contribution in [0.1, 0.15) is 12.8 Å². The van der Waals surface area contributed by atoms with Gasteiger partial charge in [-0.25, -0.2) is 0 Å². The van der Waals surface area contributed by atoms with Crippen LogP contribution in [-0.2, 0) is 0 Å². The van der Waals surface area contributed by atoms with E-state index in [1.807, 2.05) is 12.1 Å². The fraction of sp³-hybridized carbons (Fsp3) is 0.600. The molecule has 1 heterocycles. The number of benzene rings is 1. The van der Waals surface area contributed by atoms with Crippen LogP contribution in [0.15, 0.2) is 12.1 Å². The molecule has 1 saturated heterocycles. The number of piperidine rings is 1. The number of anilines is 2. The largest absolute Gasteiger partial charge is 0.493 e. The molecule has 2 N–H and O–H groups in total. The molecule has 0 saturated carbocycles. The lowest BCUT2D eigenvalue weighted by Crippen LogP contribution is -2.45. The van der Waals surface area contributed by atoms with Gasteiger partial charge in [-0.3, -0.25) is 0 Å². The normalized spacial score (nSPS) is 19.7. The highest BCUT2D eigenvalue weighted by Crippen LogP contribution is 2.37. The summed E-state index contributed by atoms with van der Waals surface area (Å²) in [6.07, 6.45) is 2.41. The Morgan fingerprint density at radius 3 is 2.50 bits per heavy atom. The molecule has 1 aliphatic rings. The van der Waals surface area contributed by atoms with Crippen LogP contribution in [0.2, 0.25) is 0 Å². The number of likely N-dealkylation sites (N-methyl/N-ethyl adjacent to an activating group) is 2. The van der Waals surface area contributed by atoms with Crippen molar-refractivity contribution < 1.29 is 9.47 Å². The van der Waals surface area contributed by atoms with Crippen molar-refractivity contribution in [2.75, 3.05) is 52.0 Å². The predicted octanol–water partition coefficient (Wildman–Crippen LogP) is 1.82. The van der Waals surface area contributed by atoms with E-state index in [1.54, 1.807) is 14.2 Å². The second-order valence-corrected chi connectivity index (χ2v) is 5.44. The second kappa shape index (κ2) is 6.22. The Hall–Kier alpha value is -1.62. The highest BCUT2D eigenvalue weighted by Gasteiger charge is 2.23. The van der Waals surface area contributed by atoms with Crippen LogP contribution in [0.25, 0.3) is 0 Å².